The summed E-state index contributed by atoms with van der Waals surface area (Å²) in [6, 6.07) is 16.1. The lowest BCUT2D eigenvalue weighted by Gasteiger charge is -2.32. The van der Waals surface area contributed by atoms with E-state index in [0.29, 0.717) is 5.92 Å². The number of nitrogens with zero attached hydrogens (tertiary/aromatic N) is 2. The smallest absolute Gasteiger partial charge is 0.263 e. The highest BCUT2D eigenvalue weighted by molar-refractivity contribution is 7.14. The van der Waals surface area contributed by atoms with Gasteiger partial charge >= 0.3 is 0 Å². The van der Waals surface area contributed by atoms with Crippen LogP contribution < -0.4 is 5.73 Å². The molecule has 30 heavy (non-hydrogen) atoms. The summed E-state index contributed by atoms with van der Waals surface area (Å²) in [4.78, 5) is 21.1. The monoisotopic (exact) mass is 418 g/mol. The summed E-state index contributed by atoms with van der Waals surface area (Å²) < 4.78 is 0. The molecule has 1 aromatic carbocycles. The average Bonchev–Trinajstić information content (AvgIpc) is 3.27. The number of rotatable bonds is 6. The Bertz CT molecular complexity index is 1020. The number of aryl methyl sites for hydroxylation is 2. The molecule has 5 nitrogen and oxygen atoms in total. The summed E-state index contributed by atoms with van der Waals surface area (Å²) in [6.07, 6.45) is 7.41. The van der Waals surface area contributed by atoms with Crippen LogP contribution in [0.25, 0.3) is 0 Å². The number of piperidine rings is 1. The van der Waals surface area contributed by atoms with Crippen molar-refractivity contribution >= 4 is 23.1 Å². The molecule has 4 rings (SSSR count). The third-order valence-corrected chi connectivity index (χ3v) is 6.87. The fourth-order valence-electron chi connectivity index (χ4n) is 3.98. The fourth-order valence-corrected chi connectivity index (χ4v) is 4.95. The number of hydrogen-bond acceptors (Lipinski definition) is 4. The lowest BCUT2D eigenvalue weighted by Crippen LogP contribution is -2.37. The van der Waals surface area contributed by atoms with E-state index in [1.54, 1.807) is 11.3 Å². The molecule has 1 saturated heterocycles. The molecule has 0 radical (unpaired) electrons. The van der Waals surface area contributed by atoms with Gasteiger partial charge in [0.2, 0.25) is 0 Å². The Labute approximate surface area is 181 Å². The standard InChI is InChI=1S/C24H26N4OS/c25-23(26)20-3-1-2-19(16-20)18-10-14-28(15-11-18)24(29)22-7-6-21(30-22)5-4-17-8-12-27-13-9-17/h1-3,6-9,12-13,16,18H,4-5,10-11,14-15H2,(H3,25,26). The number of hydrogen-bond donors (Lipinski definition) is 2. The van der Waals surface area contributed by atoms with Crippen LogP contribution in [0.4, 0.5) is 0 Å². The number of carbonyl (C=O) groups excluding carboxylic acids is 1. The largest absolute Gasteiger partial charge is 0.384 e. The topological polar surface area (TPSA) is 83.1 Å². The second-order valence-electron chi connectivity index (χ2n) is 7.73. The number of amides is 1. The van der Waals surface area contributed by atoms with Crippen LogP contribution in [0.1, 0.15) is 50.0 Å². The van der Waals surface area contributed by atoms with E-state index in [-0.39, 0.29) is 11.7 Å². The van der Waals surface area contributed by atoms with E-state index < -0.39 is 0 Å². The van der Waals surface area contributed by atoms with Crippen LogP contribution in [0.15, 0.2) is 60.9 Å². The molecule has 1 aliphatic rings. The minimum Gasteiger partial charge on any atom is -0.384 e. The molecule has 154 valence electrons. The molecule has 3 N–H and O–H groups in total. The quantitative estimate of drug-likeness (QED) is 0.464. The van der Waals surface area contributed by atoms with Crippen molar-refractivity contribution < 1.29 is 4.79 Å². The van der Waals surface area contributed by atoms with Crippen LogP contribution in [-0.4, -0.2) is 34.7 Å². The predicted octanol–water partition coefficient (Wildman–Crippen LogP) is 4.23. The molecule has 3 heterocycles. The van der Waals surface area contributed by atoms with E-state index in [2.05, 4.69) is 17.1 Å². The second-order valence-corrected chi connectivity index (χ2v) is 8.90. The number of carbonyl (C=O) groups is 1. The van der Waals surface area contributed by atoms with Gasteiger partial charge in [-0.05, 0) is 73.1 Å². The Kier molecular flexibility index (Phi) is 6.23. The summed E-state index contributed by atoms with van der Waals surface area (Å²) in [5.74, 6) is 0.653. The Morgan fingerprint density at radius 3 is 2.60 bits per heavy atom. The van der Waals surface area contributed by atoms with Crippen LogP contribution in [0.5, 0.6) is 0 Å². The van der Waals surface area contributed by atoms with Crippen molar-refractivity contribution in [2.24, 2.45) is 5.73 Å². The first kappa shape index (κ1) is 20.3. The van der Waals surface area contributed by atoms with Crippen molar-refractivity contribution in [2.75, 3.05) is 13.1 Å². The van der Waals surface area contributed by atoms with Gasteiger partial charge in [-0.15, -0.1) is 11.3 Å². The van der Waals surface area contributed by atoms with E-state index in [4.69, 9.17) is 11.1 Å². The number of benzene rings is 1. The van der Waals surface area contributed by atoms with Crippen molar-refractivity contribution in [3.05, 3.63) is 87.4 Å². The number of nitrogens with two attached hydrogens (primary N) is 1. The van der Waals surface area contributed by atoms with Crippen molar-refractivity contribution in [1.29, 1.82) is 5.41 Å². The molecule has 3 aromatic rings. The second kappa shape index (κ2) is 9.22. The van der Waals surface area contributed by atoms with Gasteiger partial charge in [0, 0.05) is 35.9 Å². The van der Waals surface area contributed by atoms with E-state index in [1.165, 1.54) is 16.0 Å². The summed E-state index contributed by atoms with van der Waals surface area (Å²) >= 11 is 1.61. The average molecular weight is 419 g/mol. The van der Waals surface area contributed by atoms with Crippen molar-refractivity contribution in [3.63, 3.8) is 0 Å². The Hall–Kier alpha value is -2.99. The van der Waals surface area contributed by atoms with Gasteiger partial charge < -0.3 is 10.6 Å². The molecule has 1 amide bonds. The lowest BCUT2D eigenvalue weighted by molar-refractivity contribution is 0.0718. The molecule has 2 aromatic heterocycles. The minimum absolute atomic E-state index is 0.0990. The Balaban J connectivity index is 1.33. The molecule has 0 unspecified atom stereocenters. The van der Waals surface area contributed by atoms with Gasteiger partial charge in [0.25, 0.3) is 5.91 Å². The highest BCUT2D eigenvalue weighted by atomic mass is 32.1. The zero-order chi connectivity index (χ0) is 20.9. The van der Waals surface area contributed by atoms with E-state index in [9.17, 15) is 4.79 Å². The number of aromatic nitrogens is 1. The molecule has 6 heteroatoms. The molecule has 0 spiro atoms. The predicted molar refractivity (Wildman–Crippen MR) is 121 cm³/mol. The Morgan fingerprint density at radius 1 is 1.10 bits per heavy atom. The van der Waals surface area contributed by atoms with Crippen LogP contribution in [-0.2, 0) is 12.8 Å². The summed E-state index contributed by atoms with van der Waals surface area (Å²) in [5, 5.41) is 7.63. The molecule has 0 bridgehead atoms. The van der Waals surface area contributed by atoms with Gasteiger partial charge in [0.1, 0.15) is 5.84 Å². The van der Waals surface area contributed by atoms with Crippen molar-refractivity contribution in [3.8, 4) is 0 Å². The zero-order valence-electron chi connectivity index (χ0n) is 16.9. The van der Waals surface area contributed by atoms with E-state index in [0.717, 1.165) is 49.2 Å². The maximum atomic E-state index is 13.0. The normalized spacial score (nSPS) is 14.6. The summed E-state index contributed by atoms with van der Waals surface area (Å²) in [7, 11) is 0. The van der Waals surface area contributed by atoms with Crippen molar-refractivity contribution in [2.45, 2.75) is 31.6 Å². The first-order valence-corrected chi connectivity index (χ1v) is 11.1. The van der Waals surface area contributed by atoms with Crippen LogP contribution in [0.3, 0.4) is 0 Å². The highest BCUT2D eigenvalue weighted by Crippen LogP contribution is 2.30. The summed E-state index contributed by atoms with van der Waals surface area (Å²) in [6.45, 7) is 1.52. The number of thiophene rings is 1. The van der Waals surface area contributed by atoms with Crippen LogP contribution in [0.2, 0.25) is 0 Å². The Morgan fingerprint density at radius 2 is 1.87 bits per heavy atom. The maximum Gasteiger partial charge on any atom is 0.263 e. The third-order valence-electron chi connectivity index (χ3n) is 5.73. The summed E-state index contributed by atoms with van der Waals surface area (Å²) in [5.41, 5.74) is 8.87. The first-order valence-electron chi connectivity index (χ1n) is 10.3. The van der Waals surface area contributed by atoms with Gasteiger partial charge in [-0.3, -0.25) is 15.2 Å². The number of nitrogens with one attached hydrogen (secondary N) is 1. The van der Waals surface area contributed by atoms with E-state index >= 15 is 0 Å². The number of nitrogen functional groups attached to an aromatic ring is 1. The molecule has 1 aliphatic heterocycles. The molecular weight excluding hydrogens is 392 g/mol. The maximum absolute atomic E-state index is 13.0. The van der Waals surface area contributed by atoms with Crippen LogP contribution >= 0.6 is 11.3 Å². The van der Waals surface area contributed by atoms with Gasteiger partial charge in [-0.25, -0.2) is 0 Å². The zero-order valence-corrected chi connectivity index (χ0v) is 17.7. The number of amidine groups is 1. The van der Waals surface area contributed by atoms with Gasteiger partial charge in [-0.1, -0.05) is 18.2 Å². The SMILES string of the molecule is N=C(N)c1cccc(C2CCN(C(=O)c3ccc(CCc4ccncc4)s3)CC2)c1. The molecule has 0 saturated carbocycles. The number of likely N-dealkylation sites (tertiary alicyclic amines) is 1. The fraction of sp³-hybridized carbons (Fsp3) is 0.292. The first-order chi connectivity index (χ1) is 14.6. The molecule has 1 fully saturated rings. The third kappa shape index (κ3) is 4.76. The van der Waals surface area contributed by atoms with Gasteiger partial charge in [0.05, 0.1) is 4.88 Å². The molecular formula is C24H26N4OS. The van der Waals surface area contributed by atoms with Crippen LogP contribution in [0, 0.1) is 5.41 Å². The minimum atomic E-state index is 0.0990. The van der Waals surface area contributed by atoms with E-state index in [1.807, 2.05) is 53.7 Å². The lowest BCUT2D eigenvalue weighted by atomic mass is 9.88. The number of pyridine rings is 1. The molecule has 0 aliphatic carbocycles. The highest BCUT2D eigenvalue weighted by Gasteiger charge is 2.25. The van der Waals surface area contributed by atoms with Gasteiger partial charge in [-0.2, -0.15) is 0 Å². The molecule has 0 atom stereocenters. The van der Waals surface area contributed by atoms with Gasteiger partial charge in [0.15, 0.2) is 0 Å². The van der Waals surface area contributed by atoms with Crippen molar-refractivity contribution in [1.82, 2.24) is 9.88 Å².